The fourth-order valence-electron chi connectivity index (χ4n) is 3.78. The Morgan fingerprint density at radius 3 is 2.62 bits per heavy atom. The molecule has 2 saturated heterocycles. The molecule has 1 aromatic heterocycles. The number of nitrogens with zero attached hydrogens (tertiary/aromatic N) is 3. The van der Waals surface area contributed by atoms with Crippen LogP contribution in [0.1, 0.15) is 24.0 Å². The summed E-state index contributed by atoms with van der Waals surface area (Å²) in [7, 11) is 0. The maximum atomic E-state index is 12.4. The van der Waals surface area contributed by atoms with Crippen molar-refractivity contribution in [3.63, 3.8) is 0 Å². The molecule has 1 aromatic carbocycles. The number of pyridine rings is 1. The minimum Gasteiger partial charge on any atom is -0.378 e. The Morgan fingerprint density at radius 1 is 1.10 bits per heavy atom. The van der Waals surface area contributed by atoms with Crippen LogP contribution in [0.2, 0.25) is 0 Å². The lowest BCUT2D eigenvalue weighted by Gasteiger charge is -2.29. The molecule has 0 aliphatic carbocycles. The van der Waals surface area contributed by atoms with E-state index in [1.165, 1.54) is 0 Å². The van der Waals surface area contributed by atoms with E-state index >= 15 is 0 Å². The van der Waals surface area contributed by atoms with Gasteiger partial charge in [-0.15, -0.1) is 0 Å². The third kappa shape index (κ3) is 4.74. The smallest absolute Gasteiger partial charge is 0.227 e. The number of hydrogen-bond acceptors (Lipinski definition) is 5. The van der Waals surface area contributed by atoms with Crippen LogP contribution < -0.4 is 15.1 Å². The van der Waals surface area contributed by atoms with E-state index in [4.69, 9.17) is 4.74 Å². The van der Waals surface area contributed by atoms with Gasteiger partial charge in [-0.05, 0) is 30.2 Å². The van der Waals surface area contributed by atoms with Gasteiger partial charge >= 0.3 is 0 Å². The highest BCUT2D eigenvalue weighted by atomic mass is 16.5. The third-order valence-corrected chi connectivity index (χ3v) is 5.34. The van der Waals surface area contributed by atoms with Crippen molar-refractivity contribution in [3.8, 4) is 0 Å². The predicted octanol–water partition coefficient (Wildman–Crippen LogP) is 1.90. The standard InChI is InChI=1S/C22H26N4O3/c27-20(15-17-5-7-19(8-6-17)26-10-2-4-21(26)28)24-16-18-3-1-9-23-22(18)25-11-13-29-14-12-25/h1,3,5-9H,2,4,10-16H2,(H,24,27). The van der Waals surface area contributed by atoms with Gasteiger partial charge in [0, 0.05) is 50.0 Å². The van der Waals surface area contributed by atoms with Crippen molar-refractivity contribution >= 4 is 23.3 Å². The monoisotopic (exact) mass is 394 g/mol. The van der Waals surface area contributed by atoms with E-state index < -0.39 is 0 Å². The van der Waals surface area contributed by atoms with Gasteiger partial charge in [-0.2, -0.15) is 0 Å². The van der Waals surface area contributed by atoms with Gasteiger partial charge in [0.1, 0.15) is 5.82 Å². The molecule has 2 aliphatic rings. The molecule has 4 rings (SSSR count). The first kappa shape index (κ1) is 19.4. The summed E-state index contributed by atoms with van der Waals surface area (Å²) in [5, 5.41) is 3.00. The van der Waals surface area contributed by atoms with Gasteiger partial charge in [-0.3, -0.25) is 9.59 Å². The van der Waals surface area contributed by atoms with Crippen LogP contribution in [0.5, 0.6) is 0 Å². The lowest BCUT2D eigenvalue weighted by atomic mass is 10.1. The average molecular weight is 394 g/mol. The molecule has 2 fully saturated rings. The molecule has 1 N–H and O–H groups in total. The molecule has 7 heteroatoms. The molecule has 0 bridgehead atoms. The van der Waals surface area contributed by atoms with E-state index in [0.29, 0.717) is 32.6 Å². The summed E-state index contributed by atoms with van der Waals surface area (Å²) < 4.78 is 5.41. The summed E-state index contributed by atoms with van der Waals surface area (Å²) in [6.07, 6.45) is 3.61. The Hall–Kier alpha value is -2.93. The second kappa shape index (κ2) is 9.05. The van der Waals surface area contributed by atoms with Crippen LogP contribution in [0.25, 0.3) is 0 Å². The van der Waals surface area contributed by atoms with E-state index in [-0.39, 0.29) is 11.8 Å². The van der Waals surface area contributed by atoms with Crippen LogP contribution in [0.3, 0.4) is 0 Å². The summed E-state index contributed by atoms with van der Waals surface area (Å²) in [5.41, 5.74) is 2.84. The minimum atomic E-state index is -0.0354. The minimum absolute atomic E-state index is 0.0354. The molecule has 2 aliphatic heterocycles. The first-order valence-corrected chi connectivity index (χ1v) is 10.1. The van der Waals surface area contributed by atoms with Gasteiger partial charge in [-0.1, -0.05) is 18.2 Å². The highest BCUT2D eigenvalue weighted by Crippen LogP contribution is 2.22. The normalized spacial score (nSPS) is 16.9. The molecule has 29 heavy (non-hydrogen) atoms. The molecule has 152 valence electrons. The number of hydrogen-bond donors (Lipinski definition) is 1. The summed E-state index contributed by atoms with van der Waals surface area (Å²) in [4.78, 5) is 32.8. The highest BCUT2D eigenvalue weighted by molar-refractivity contribution is 5.95. The Balaban J connectivity index is 1.33. The lowest BCUT2D eigenvalue weighted by molar-refractivity contribution is -0.120. The van der Waals surface area contributed by atoms with Crippen LogP contribution in [-0.4, -0.2) is 49.6 Å². The molecule has 0 atom stereocenters. The second-order valence-electron chi connectivity index (χ2n) is 7.35. The first-order chi connectivity index (χ1) is 14.2. The SMILES string of the molecule is O=C(Cc1ccc(N2CCCC2=O)cc1)NCc1cccnc1N1CCOCC1. The van der Waals surface area contributed by atoms with Gasteiger partial charge in [0.05, 0.1) is 19.6 Å². The molecule has 7 nitrogen and oxygen atoms in total. The zero-order chi connectivity index (χ0) is 20.1. The Labute approximate surface area is 170 Å². The van der Waals surface area contributed by atoms with Crippen molar-refractivity contribution in [3.05, 3.63) is 53.7 Å². The van der Waals surface area contributed by atoms with Crippen molar-refractivity contribution in [2.75, 3.05) is 42.6 Å². The third-order valence-electron chi connectivity index (χ3n) is 5.34. The number of benzene rings is 1. The van der Waals surface area contributed by atoms with Crippen LogP contribution in [0.15, 0.2) is 42.6 Å². The quantitative estimate of drug-likeness (QED) is 0.810. The van der Waals surface area contributed by atoms with Crippen LogP contribution in [0.4, 0.5) is 11.5 Å². The van der Waals surface area contributed by atoms with Crippen molar-refractivity contribution in [1.29, 1.82) is 0 Å². The van der Waals surface area contributed by atoms with Crippen molar-refractivity contribution in [1.82, 2.24) is 10.3 Å². The van der Waals surface area contributed by atoms with E-state index in [1.54, 1.807) is 11.1 Å². The zero-order valence-electron chi connectivity index (χ0n) is 16.5. The Bertz CT molecular complexity index is 863. The number of nitrogens with one attached hydrogen (secondary N) is 1. The number of morpholine rings is 1. The molecular formula is C22H26N4O3. The summed E-state index contributed by atoms with van der Waals surface area (Å²) in [6, 6.07) is 11.6. The molecule has 0 radical (unpaired) electrons. The fraction of sp³-hybridized carbons (Fsp3) is 0.409. The first-order valence-electron chi connectivity index (χ1n) is 10.1. The van der Waals surface area contributed by atoms with E-state index in [9.17, 15) is 9.59 Å². The fourth-order valence-corrected chi connectivity index (χ4v) is 3.78. The van der Waals surface area contributed by atoms with Gasteiger partial charge in [-0.25, -0.2) is 4.98 Å². The van der Waals surface area contributed by atoms with Gasteiger partial charge in [0.2, 0.25) is 11.8 Å². The van der Waals surface area contributed by atoms with E-state index in [2.05, 4.69) is 15.2 Å². The molecule has 2 aromatic rings. The number of amides is 2. The van der Waals surface area contributed by atoms with Gasteiger partial charge in [0.25, 0.3) is 0 Å². The molecular weight excluding hydrogens is 368 g/mol. The van der Waals surface area contributed by atoms with Gasteiger partial charge < -0.3 is 19.9 Å². The maximum Gasteiger partial charge on any atom is 0.227 e. The molecule has 0 saturated carbocycles. The summed E-state index contributed by atoms with van der Waals surface area (Å²) in [5.74, 6) is 1.05. The number of ether oxygens (including phenoxy) is 1. The number of aromatic nitrogens is 1. The van der Waals surface area contributed by atoms with Crippen LogP contribution >= 0.6 is 0 Å². The highest BCUT2D eigenvalue weighted by Gasteiger charge is 2.21. The van der Waals surface area contributed by atoms with Crippen molar-refractivity contribution in [2.45, 2.75) is 25.8 Å². The molecule has 0 unspecified atom stereocenters. The van der Waals surface area contributed by atoms with E-state index in [1.807, 2.05) is 36.4 Å². The zero-order valence-corrected chi connectivity index (χ0v) is 16.5. The summed E-state index contributed by atoms with van der Waals surface area (Å²) in [6.45, 7) is 4.23. The number of carbonyl (C=O) groups is 2. The predicted molar refractivity (Wildman–Crippen MR) is 111 cm³/mol. The van der Waals surface area contributed by atoms with Crippen molar-refractivity contribution < 1.29 is 14.3 Å². The average Bonchev–Trinajstić information content (AvgIpc) is 3.19. The Morgan fingerprint density at radius 2 is 1.90 bits per heavy atom. The Kier molecular flexibility index (Phi) is 6.05. The molecule has 0 spiro atoms. The molecule has 2 amide bonds. The van der Waals surface area contributed by atoms with Gasteiger partial charge in [0.15, 0.2) is 0 Å². The number of carbonyl (C=O) groups excluding carboxylic acids is 2. The lowest BCUT2D eigenvalue weighted by Crippen LogP contribution is -2.38. The second-order valence-corrected chi connectivity index (χ2v) is 7.35. The number of anilines is 2. The topological polar surface area (TPSA) is 74.8 Å². The van der Waals surface area contributed by atoms with E-state index in [0.717, 1.165) is 48.7 Å². The van der Waals surface area contributed by atoms with Crippen LogP contribution in [-0.2, 0) is 27.3 Å². The summed E-state index contributed by atoms with van der Waals surface area (Å²) >= 11 is 0. The van der Waals surface area contributed by atoms with Crippen LogP contribution in [0, 0.1) is 0 Å². The number of rotatable bonds is 6. The largest absolute Gasteiger partial charge is 0.378 e. The van der Waals surface area contributed by atoms with Crippen molar-refractivity contribution in [2.24, 2.45) is 0 Å². The molecule has 3 heterocycles. The maximum absolute atomic E-state index is 12.4.